The Morgan fingerprint density at radius 3 is 2.36 bits per heavy atom. The molecule has 2 atom stereocenters. The minimum atomic E-state index is -1.40. The highest BCUT2D eigenvalue weighted by molar-refractivity contribution is 5.82. The predicted octanol–water partition coefficient (Wildman–Crippen LogP) is -0.687. The lowest BCUT2D eigenvalue weighted by atomic mass is 9.82. The molecule has 0 radical (unpaired) electrons. The molecule has 2 rings (SSSR count). The molecular formula is C16H28N6O6. The summed E-state index contributed by atoms with van der Waals surface area (Å²) in [5, 5.41) is 26.7. The molecule has 12 heteroatoms. The number of carboxylic acids is 1. The van der Waals surface area contributed by atoms with Crippen LogP contribution in [0.1, 0.15) is 57.7 Å². The molecule has 0 spiro atoms. The fraction of sp³-hybridized carbons (Fsp3) is 0.688. The van der Waals surface area contributed by atoms with Crippen molar-refractivity contribution in [2.75, 3.05) is 0 Å². The van der Waals surface area contributed by atoms with Crippen molar-refractivity contribution in [1.29, 1.82) is 0 Å². The minimum Gasteiger partial charge on any atom is -0.480 e. The number of aromatic nitrogens is 2. The second-order valence-electron chi connectivity index (χ2n) is 6.72. The second kappa shape index (κ2) is 10.6. The zero-order valence-electron chi connectivity index (χ0n) is 16.0. The summed E-state index contributed by atoms with van der Waals surface area (Å²) >= 11 is 0. The van der Waals surface area contributed by atoms with Crippen LogP contribution in [0.25, 0.3) is 0 Å². The molecule has 0 aliphatic heterocycles. The first-order valence-corrected chi connectivity index (χ1v) is 8.88. The summed E-state index contributed by atoms with van der Waals surface area (Å²) < 4.78 is 5.08. The van der Waals surface area contributed by atoms with E-state index < -0.39 is 29.7 Å². The monoisotopic (exact) mass is 400 g/mol. The number of hydrogen-bond acceptors (Lipinski definition) is 8. The van der Waals surface area contributed by atoms with Crippen molar-refractivity contribution < 1.29 is 29.1 Å². The van der Waals surface area contributed by atoms with Crippen LogP contribution in [0.4, 0.5) is 4.79 Å². The van der Waals surface area contributed by atoms with Crippen molar-refractivity contribution in [3.8, 4) is 0 Å². The van der Waals surface area contributed by atoms with Gasteiger partial charge in [0, 0.05) is 6.92 Å². The summed E-state index contributed by atoms with van der Waals surface area (Å²) in [6.07, 6.45) is 3.50. The summed E-state index contributed by atoms with van der Waals surface area (Å²) in [6, 6.07) is -2.17. The standard InChI is InChI=1S/C14H23N5O5.C2H5NO/c1-8(20)10(11(21)22)18-13(23)16-7-9-17-12(19-24-9)14(15)5-3-2-4-6-14;1-2(3)4/h8,10,20H,2-7,15H2,1H3,(H,21,22)(H2,16,18,23);1H3,(H2,3,4). The number of aliphatic hydroxyl groups is 1. The Hall–Kier alpha value is -2.73. The molecule has 1 aliphatic carbocycles. The molecule has 1 aliphatic rings. The Labute approximate surface area is 162 Å². The second-order valence-corrected chi connectivity index (χ2v) is 6.72. The smallest absolute Gasteiger partial charge is 0.328 e. The summed E-state index contributed by atoms with van der Waals surface area (Å²) in [6.45, 7) is 2.51. The Morgan fingerprint density at radius 2 is 1.86 bits per heavy atom. The Bertz CT molecular complexity index is 666. The first kappa shape index (κ1) is 23.3. The molecule has 1 fully saturated rings. The third kappa shape index (κ3) is 7.48. The van der Waals surface area contributed by atoms with Crippen molar-refractivity contribution in [2.24, 2.45) is 11.5 Å². The quantitative estimate of drug-likeness (QED) is 0.357. The third-order valence-corrected chi connectivity index (χ3v) is 4.09. The van der Waals surface area contributed by atoms with Crippen LogP contribution in [0.15, 0.2) is 4.52 Å². The number of rotatable bonds is 6. The van der Waals surface area contributed by atoms with Gasteiger partial charge in [-0.1, -0.05) is 24.4 Å². The van der Waals surface area contributed by atoms with E-state index in [0.29, 0.717) is 5.82 Å². The van der Waals surface area contributed by atoms with Gasteiger partial charge in [0.05, 0.1) is 18.2 Å². The van der Waals surface area contributed by atoms with E-state index in [-0.39, 0.29) is 18.3 Å². The molecule has 158 valence electrons. The molecule has 0 bridgehead atoms. The fourth-order valence-electron chi connectivity index (χ4n) is 2.67. The maximum atomic E-state index is 11.7. The van der Waals surface area contributed by atoms with Crippen LogP contribution in [0.2, 0.25) is 0 Å². The average Bonchev–Trinajstić information content (AvgIpc) is 3.07. The zero-order valence-corrected chi connectivity index (χ0v) is 16.0. The predicted molar refractivity (Wildman–Crippen MR) is 96.6 cm³/mol. The number of hydrogen-bond donors (Lipinski definition) is 6. The molecule has 1 aromatic rings. The summed E-state index contributed by atoms with van der Waals surface area (Å²) in [7, 11) is 0. The van der Waals surface area contributed by atoms with Gasteiger partial charge in [-0.05, 0) is 19.8 Å². The third-order valence-electron chi connectivity index (χ3n) is 4.09. The van der Waals surface area contributed by atoms with E-state index in [4.69, 9.17) is 15.4 Å². The van der Waals surface area contributed by atoms with Gasteiger partial charge in [-0.2, -0.15) is 4.98 Å². The number of nitrogens with one attached hydrogen (secondary N) is 2. The Kier molecular flexibility index (Phi) is 8.79. The van der Waals surface area contributed by atoms with Gasteiger partial charge in [0.15, 0.2) is 11.9 Å². The van der Waals surface area contributed by atoms with Crippen molar-refractivity contribution in [3.63, 3.8) is 0 Å². The van der Waals surface area contributed by atoms with E-state index in [2.05, 4.69) is 26.5 Å². The van der Waals surface area contributed by atoms with Gasteiger partial charge in [-0.25, -0.2) is 9.59 Å². The van der Waals surface area contributed by atoms with Crippen LogP contribution in [0.5, 0.6) is 0 Å². The number of nitrogens with zero attached hydrogens (tertiary/aromatic N) is 2. The maximum absolute atomic E-state index is 11.7. The highest BCUT2D eigenvalue weighted by atomic mass is 16.5. The molecular weight excluding hydrogens is 372 g/mol. The molecule has 3 amide bonds. The number of carbonyl (C=O) groups is 3. The summed E-state index contributed by atoms with van der Waals surface area (Å²) in [5.74, 6) is -1.06. The van der Waals surface area contributed by atoms with Crippen LogP contribution in [-0.4, -0.2) is 50.4 Å². The van der Waals surface area contributed by atoms with Crippen molar-refractivity contribution in [2.45, 2.75) is 70.2 Å². The number of nitrogens with two attached hydrogens (primary N) is 2. The van der Waals surface area contributed by atoms with Gasteiger partial charge in [-0.3, -0.25) is 4.79 Å². The number of urea groups is 1. The molecule has 0 aromatic carbocycles. The number of primary amides is 1. The molecule has 28 heavy (non-hydrogen) atoms. The Morgan fingerprint density at radius 1 is 1.29 bits per heavy atom. The fourth-order valence-corrected chi connectivity index (χ4v) is 2.67. The molecule has 12 nitrogen and oxygen atoms in total. The largest absolute Gasteiger partial charge is 0.480 e. The molecule has 0 saturated heterocycles. The van der Waals surface area contributed by atoms with Gasteiger partial charge < -0.3 is 36.8 Å². The lowest BCUT2D eigenvalue weighted by Crippen LogP contribution is -2.51. The minimum absolute atomic E-state index is 0.0684. The van der Waals surface area contributed by atoms with Gasteiger partial charge in [-0.15, -0.1) is 0 Å². The average molecular weight is 400 g/mol. The highest BCUT2D eigenvalue weighted by Crippen LogP contribution is 2.32. The van der Waals surface area contributed by atoms with E-state index in [0.717, 1.165) is 32.1 Å². The highest BCUT2D eigenvalue weighted by Gasteiger charge is 2.34. The van der Waals surface area contributed by atoms with Crippen LogP contribution in [-0.2, 0) is 21.7 Å². The topological polar surface area (TPSA) is 207 Å². The lowest BCUT2D eigenvalue weighted by molar-refractivity contribution is -0.141. The zero-order chi connectivity index (χ0) is 21.3. The number of aliphatic carboxylic acids is 1. The van der Waals surface area contributed by atoms with Gasteiger partial charge in [0.25, 0.3) is 0 Å². The van der Waals surface area contributed by atoms with E-state index in [9.17, 15) is 19.5 Å². The summed E-state index contributed by atoms with van der Waals surface area (Å²) in [4.78, 5) is 36.0. The van der Waals surface area contributed by atoms with E-state index in [1.165, 1.54) is 13.8 Å². The van der Waals surface area contributed by atoms with Crippen molar-refractivity contribution in [1.82, 2.24) is 20.8 Å². The molecule has 8 N–H and O–H groups in total. The van der Waals surface area contributed by atoms with E-state index in [1.54, 1.807) is 0 Å². The normalized spacial score (nSPS) is 17.4. The van der Waals surface area contributed by atoms with Crippen LogP contribution < -0.4 is 22.1 Å². The van der Waals surface area contributed by atoms with Gasteiger partial charge >= 0.3 is 12.0 Å². The van der Waals surface area contributed by atoms with Crippen LogP contribution in [0, 0.1) is 0 Å². The van der Waals surface area contributed by atoms with E-state index >= 15 is 0 Å². The molecule has 1 heterocycles. The molecule has 1 saturated carbocycles. The molecule has 2 unspecified atom stereocenters. The number of amides is 3. The maximum Gasteiger partial charge on any atom is 0.328 e. The lowest BCUT2D eigenvalue weighted by Gasteiger charge is -2.29. The first-order valence-electron chi connectivity index (χ1n) is 8.88. The number of aliphatic hydroxyl groups excluding tert-OH is 1. The molecule has 1 aromatic heterocycles. The van der Waals surface area contributed by atoms with Gasteiger partial charge in [0.1, 0.15) is 0 Å². The van der Waals surface area contributed by atoms with Gasteiger partial charge in [0.2, 0.25) is 11.8 Å². The van der Waals surface area contributed by atoms with E-state index in [1.807, 2.05) is 0 Å². The Balaban J connectivity index is 0.000000892. The van der Waals surface area contributed by atoms with Crippen LogP contribution in [0.3, 0.4) is 0 Å². The van der Waals surface area contributed by atoms with Crippen molar-refractivity contribution in [3.05, 3.63) is 11.7 Å². The number of carboxylic acid groups (broad SMARTS) is 1. The van der Waals surface area contributed by atoms with Crippen molar-refractivity contribution >= 4 is 17.9 Å². The van der Waals surface area contributed by atoms with Crippen LogP contribution >= 0.6 is 0 Å². The summed E-state index contributed by atoms with van der Waals surface area (Å²) in [5.41, 5.74) is 10.2. The first-order chi connectivity index (χ1) is 13.0. The number of carbonyl (C=O) groups excluding carboxylic acids is 2. The SMILES string of the molecule is CC(N)=O.CC(O)C(NC(=O)NCc1nc(C2(N)CCCCC2)no1)C(=O)O.